The van der Waals surface area contributed by atoms with Crippen LogP contribution in [-0.4, -0.2) is 22.8 Å². The molecule has 4 rings (SSSR count). The van der Waals surface area contributed by atoms with Crippen LogP contribution in [0.25, 0.3) is 0 Å². The predicted molar refractivity (Wildman–Crippen MR) is 119 cm³/mol. The maximum Gasteiger partial charge on any atom is 0.310 e. The van der Waals surface area contributed by atoms with E-state index in [9.17, 15) is 14.4 Å². The molecule has 156 valence electrons. The molecular formula is C25H20ClNO4. The van der Waals surface area contributed by atoms with Crippen LogP contribution in [0.3, 0.4) is 0 Å². The van der Waals surface area contributed by atoms with Gasteiger partial charge in [0.15, 0.2) is 5.78 Å². The number of anilines is 1. The highest BCUT2D eigenvalue weighted by Gasteiger charge is 2.29. The van der Waals surface area contributed by atoms with Crippen LogP contribution in [-0.2, 0) is 17.8 Å². The van der Waals surface area contributed by atoms with E-state index >= 15 is 0 Å². The molecule has 0 aliphatic carbocycles. The average molecular weight is 434 g/mol. The number of aliphatic carboxylic acids is 1. The van der Waals surface area contributed by atoms with Gasteiger partial charge in [-0.15, -0.1) is 0 Å². The van der Waals surface area contributed by atoms with Crippen molar-refractivity contribution in [3.8, 4) is 0 Å². The summed E-state index contributed by atoms with van der Waals surface area (Å²) in [6.07, 6.45) is 0.198. The number of ketones is 1. The number of carboxylic acids is 1. The van der Waals surface area contributed by atoms with Crippen molar-refractivity contribution in [2.45, 2.75) is 25.8 Å². The number of amides is 1. The van der Waals surface area contributed by atoms with Gasteiger partial charge in [0.25, 0.3) is 5.91 Å². The largest absolute Gasteiger partial charge is 0.481 e. The molecule has 5 nitrogen and oxygen atoms in total. The normalized spacial score (nSPS) is 13.7. The van der Waals surface area contributed by atoms with Crippen molar-refractivity contribution in [3.63, 3.8) is 0 Å². The third-order valence-electron chi connectivity index (χ3n) is 5.58. The van der Waals surface area contributed by atoms with E-state index in [1.165, 1.54) is 0 Å². The van der Waals surface area contributed by atoms with Crippen LogP contribution in [0.5, 0.6) is 0 Å². The summed E-state index contributed by atoms with van der Waals surface area (Å²) in [6, 6.07) is 19.3. The molecular weight excluding hydrogens is 414 g/mol. The minimum absolute atomic E-state index is 0.0398. The molecule has 1 aliphatic heterocycles. The SMILES string of the molecule is CC(C(=O)O)c1ccc(N2Cc3ccc(CC(=O)c4ccc(Cl)cc4)cc3C2=O)cc1. The Morgan fingerprint density at radius 1 is 1.03 bits per heavy atom. The van der Waals surface area contributed by atoms with Crippen molar-refractivity contribution in [2.75, 3.05) is 4.90 Å². The fourth-order valence-corrected chi connectivity index (χ4v) is 3.80. The lowest BCUT2D eigenvalue weighted by molar-refractivity contribution is -0.138. The average Bonchev–Trinajstić information content (AvgIpc) is 3.09. The number of fused-ring (bicyclic) bond motifs is 1. The van der Waals surface area contributed by atoms with Gasteiger partial charge in [-0.3, -0.25) is 14.4 Å². The van der Waals surface area contributed by atoms with Crippen LogP contribution in [0.4, 0.5) is 5.69 Å². The molecule has 1 aliphatic rings. The van der Waals surface area contributed by atoms with E-state index in [1.807, 2.05) is 12.1 Å². The van der Waals surface area contributed by atoms with Crippen molar-refractivity contribution in [1.29, 1.82) is 0 Å². The van der Waals surface area contributed by atoms with Gasteiger partial charge in [-0.05, 0) is 66.1 Å². The molecule has 0 radical (unpaired) electrons. The van der Waals surface area contributed by atoms with Crippen LogP contribution in [0.2, 0.25) is 5.02 Å². The van der Waals surface area contributed by atoms with E-state index in [0.29, 0.717) is 33.9 Å². The lowest BCUT2D eigenvalue weighted by atomic mass is 9.99. The number of hydrogen-bond donors (Lipinski definition) is 1. The van der Waals surface area contributed by atoms with Crippen molar-refractivity contribution in [1.82, 2.24) is 0 Å². The van der Waals surface area contributed by atoms with Crippen LogP contribution < -0.4 is 4.90 Å². The van der Waals surface area contributed by atoms with Gasteiger partial charge < -0.3 is 10.0 Å². The number of benzene rings is 3. The van der Waals surface area contributed by atoms with Gasteiger partial charge in [-0.1, -0.05) is 35.9 Å². The zero-order valence-electron chi connectivity index (χ0n) is 16.8. The predicted octanol–water partition coefficient (Wildman–Crippen LogP) is 5.11. The van der Waals surface area contributed by atoms with Gasteiger partial charge in [0.1, 0.15) is 0 Å². The number of rotatable bonds is 6. The summed E-state index contributed by atoms with van der Waals surface area (Å²) < 4.78 is 0. The van der Waals surface area contributed by atoms with E-state index in [1.54, 1.807) is 66.4 Å². The van der Waals surface area contributed by atoms with E-state index in [4.69, 9.17) is 16.7 Å². The van der Waals surface area contributed by atoms with Crippen molar-refractivity contribution in [3.05, 3.63) is 99.6 Å². The van der Waals surface area contributed by atoms with Crippen LogP contribution in [0.1, 0.15) is 50.2 Å². The summed E-state index contributed by atoms with van der Waals surface area (Å²) in [5.41, 5.74) is 4.23. The van der Waals surface area contributed by atoms with Crippen molar-refractivity contribution in [2.24, 2.45) is 0 Å². The zero-order chi connectivity index (χ0) is 22.1. The van der Waals surface area contributed by atoms with Gasteiger partial charge in [0, 0.05) is 28.3 Å². The van der Waals surface area contributed by atoms with Gasteiger partial charge >= 0.3 is 5.97 Å². The van der Waals surface area contributed by atoms with E-state index in [0.717, 1.165) is 11.1 Å². The molecule has 0 fully saturated rings. The number of hydrogen-bond acceptors (Lipinski definition) is 3. The molecule has 0 saturated heterocycles. The fourth-order valence-electron chi connectivity index (χ4n) is 3.68. The second kappa shape index (κ2) is 8.36. The molecule has 0 aromatic heterocycles. The first-order valence-corrected chi connectivity index (χ1v) is 10.3. The Kier molecular flexibility index (Phi) is 5.61. The van der Waals surface area contributed by atoms with Crippen molar-refractivity contribution < 1.29 is 19.5 Å². The monoisotopic (exact) mass is 433 g/mol. The molecule has 31 heavy (non-hydrogen) atoms. The molecule has 1 unspecified atom stereocenters. The molecule has 1 N–H and O–H groups in total. The molecule has 1 heterocycles. The highest BCUT2D eigenvalue weighted by atomic mass is 35.5. The quantitative estimate of drug-likeness (QED) is 0.548. The lowest BCUT2D eigenvalue weighted by Crippen LogP contribution is -2.23. The third-order valence-corrected chi connectivity index (χ3v) is 5.84. The molecule has 3 aromatic rings. The Morgan fingerprint density at radius 3 is 2.35 bits per heavy atom. The van der Waals surface area contributed by atoms with Gasteiger partial charge in [0.05, 0.1) is 12.5 Å². The molecule has 0 bridgehead atoms. The van der Waals surface area contributed by atoms with E-state index in [2.05, 4.69) is 0 Å². The number of carboxylic acid groups (broad SMARTS) is 1. The smallest absolute Gasteiger partial charge is 0.310 e. The minimum Gasteiger partial charge on any atom is -0.481 e. The summed E-state index contributed by atoms with van der Waals surface area (Å²) in [4.78, 5) is 38.4. The summed E-state index contributed by atoms with van der Waals surface area (Å²) in [6.45, 7) is 2.06. The Morgan fingerprint density at radius 2 is 1.71 bits per heavy atom. The maximum atomic E-state index is 13.0. The molecule has 0 saturated carbocycles. The molecule has 6 heteroatoms. The first-order valence-electron chi connectivity index (χ1n) is 9.88. The fraction of sp³-hybridized carbons (Fsp3) is 0.160. The second-order valence-corrected chi connectivity index (χ2v) is 8.08. The van der Waals surface area contributed by atoms with Crippen molar-refractivity contribution >= 4 is 34.9 Å². The Hall–Kier alpha value is -3.44. The minimum atomic E-state index is -0.891. The van der Waals surface area contributed by atoms with Crippen LogP contribution >= 0.6 is 11.6 Å². The van der Waals surface area contributed by atoms with E-state index in [-0.39, 0.29) is 18.1 Å². The van der Waals surface area contributed by atoms with Gasteiger partial charge in [-0.25, -0.2) is 0 Å². The van der Waals surface area contributed by atoms with Crippen LogP contribution in [0, 0.1) is 0 Å². The maximum absolute atomic E-state index is 13.0. The number of carbonyl (C=O) groups excluding carboxylic acids is 2. The highest BCUT2D eigenvalue weighted by Crippen LogP contribution is 2.30. The third kappa shape index (κ3) is 4.23. The van der Waals surface area contributed by atoms with Gasteiger partial charge in [-0.2, -0.15) is 0 Å². The lowest BCUT2D eigenvalue weighted by Gasteiger charge is -2.17. The number of Topliss-reactive ketones (excluding diaryl/α,β-unsaturated/α-hetero) is 1. The first kappa shape index (κ1) is 20.8. The Labute approximate surface area is 184 Å². The Bertz CT molecular complexity index is 1170. The number of carbonyl (C=O) groups is 3. The van der Waals surface area contributed by atoms with Crippen LogP contribution in [0.15, 0.2) is 66.7 Å². The summed E-state index contributed by atoms with van der Waals surface area (Å²) in [5, 5.41) is 9.73. The standard InChI is InChI=1S/C25H20ClNO4/c1-15(25(30)31)17-6-10-21(11-7-17)27-14-19-3-2-16(12-22(19)24(27)29)13-23(28)18-4-8-20(26)9-5-18/h2-12,15H,13-14H2,1H3,(H,30,31). The van der Waals surface area contributed by atoms with E-state index < -0.39 is 11.9 Å². The first-order chi connectivity index (χ1) is 14.8. The molecule has 1 amide bonds. The summed E-state index contributed by atoms with van der Waals surface area (Å²) >= 11 is 5.88. The second-order valence-electron chi connectivity index (χ2n) is 7.64. The molecule has 1 atom stereocenters. The summed E-state index contributed by atoms with van der Waals surface area (Å²) in [5.74, 6) is -1.67. The number of halogens is 1. The molecule has 3 aromatic carbocycles. The van der Waals surface area contributed by atoms with Gasteiger partial charge in [0.2, 0.25) is 0 Å². The topological polar surface area (TPSA) is 74.7 Å². The Balaban J connectivity index is 1.51. The number of nitrogens with zero attached hydrogens (tertiary/aromatic N) is 1. The summed E-state index contributed by atoms with van der Waals surface area (Å²) in [7, 11) is 0. The zero-order valence-corrected chi connectivity index (χ0v) is 17.6. The highest BCUT2D eigenvalue weighted by molar-refractivity contribution is 6.30. The molecule has 0 spiro atoms.